The van der Waals surface area contributed by atoms with Crippen molar-refractivity contribution in [3.8, 4) is 0 Å². The molecule has 6 heteroatoms. The molecule has 1 aliphatic heterocycles. The number of hydrogen-bond donors (Lipinski definition) is 2. The van der Waals surface area contributed by atoms with E-state index < -0.39 is 0 Å². The van der Waals surface area contributed by atoms with Crippen molar-refractivity contribution in [1.82, 2.24) is 15.5 Å². The SMILES string of the molecule is Cc1cccc(CN(C(=O)C2CNCCC2NC(=O)c2ccc(F)cc2)C2CC2)c1C. The predicted molar refractivity (Wildman–Crippen MR) is 118 cm³/mol. The Hall–Kier alpha value is -2.73. The van der Waals surface area contributed by atoms with Crippen LogP contribution >= 0.6 is 0 Å². The topological polar surface area (TPSA) is 61.4 Å². The molecule has 2 N–H and O–H groups in total. The van der Waals surface area contributed by atoms with Gasteiger partial charge in [-0.1, -0.05) is 18.2 Å². The molecule has 1 saturated heterocycles. The van der Waals surface area contributed by atoms with Gasteiger partial charge in [-0.15, -0.1) is 0 Å². The first kappa shape index (κ1) is 21.5. The van der Waals surface area contributed by atoms with Crippen molar-refractivity contribution in [2.24, 2.45) is 5.92 Å². The lowest BCUT2D eigenvalue weighted by atomic mass is 9.91. The lowest BCUT2D eigenvalue weighted by molar-refractivity contribution is -0.138. The Kier molecular flexibility index (Phi) is 6.37. The Morgan fingerprint density at radius 1 is 1.10 bits per heavy atom. The van der Waals surface area contributed by atoms with Crippen molar-refractivity contribution in [3.05, 3.63) is 70.5 Å². The third-order valence-corrected chi connectivity index (χ3v) is 6.55. The third-order valence-electron chi connectivity index (χ3n) is 6.55. The van der Waals surface area contributed by atoms with Crippen LogP contribution < -0.4 is 10.6 Å². The number of carbonyl (C=O) groups excluding carboxylic acids is 2. The molecule has 2 amide bonds. The van der Waals surface area contributed by atoms with Gasteiger partial charge in [0.2, 0.25) is 5.91 Å². The van der Waals surface area contributed by atoms with Gasteiger partial charge in [-0.05, 0) is 80.6 Å². The highest BCUT2D eigenvalue weighted by Gasteiger charge is 2.40. The van der Waals surface area contributed by atoms with Gasteiger partial charge in [-0.25, -0.2) is 4.39 Å². The third kappa shape index (κ3) is 4.96. The van der Waals surface area contributed by atoms with Gasteiger partial charge >= 0.3 is 0 Å². The fourth-order valence-electron chi connectivity index (χ4n) is 4.30. The number of amides is 2. The van der Waals surface area contributed by atoms with E-state index in [-0.39, 0.29) is 35.6 Å². The van der Waals surface area contributed by atoms with Gasteiger partial charge < -0.3 is 15.5 Å². The molecule has 0 aromatic heterocycles. The fraction of sp³-hybridized carbons (Fsp3) is 0.440. The molecule has 2 aliphatic rings. The first-order chi connectivity index (χ1) is 14.9. The first-order valence-electron chi connectivity index (χ1n) is 11.1. The molecule has 2 aromatic carbocycles. The molecule has 1 saturated carbocycles. The summed E-state index contributed by atoms with van der Waals surface area (Å²) in [5.41, 5.74) is 4.03. The minimum Gasteiger partial charge on any atom is -0.348 e. The molecule has 1 heterocycles. The Labute approximate surface area is 183 Å². The van der Waals surface area contributed by atoms with E-state index in [1.165, 1.54) is 41.0 Å². The van der Waals surface area contributed by atoms with Gasteiger partial charge in [0, 0.05) is 30.7 Å². The largest absolute Gasteiger partial charge is 0.348 e. The van der Waals surface area contributed by atoms with Gasteiger partial charge in [0.15, 0.2) is 0 Å². The van der Waals surface area contributed by atoms with Crippen molar-refractivity contribution in [1.29, 1.82) is 0 Å². The molecule has 5 nitrogen and oxygen atoms in total. The summed E-state index contributed by atoms with van der Waals surface area (Å²) in [6, 6.07) is 11.8. The van der Waals surface area contributed by atoms with Crippen LogP contribution in [0, 0.1) is 25.6 Å². The molecular formula is C25H30FN3O2. The predicted octanol–water partition coefficient (Wildman–Crippen LogP) is 3.34. The Morgan fingerprint density at radius 2 is 1.84 bits per heavy atom. The van der Waals surface area contributed by atoms with Crippen LogP contribution in [0.25, 0.3) is 0 Å². The van der Waals surface area contributed by atoms with Crippen molar-refractivity contribution >= 4 is 11.8 Å². The summed E-state index contributed by atoms with van der Waals surface area (Å²) in [5, 5.41) is 6.35. The second-order valence-corrected chi connectivity index (χ2v) is 8.74. The summed E-state index contributed by atoms with van der Waals surface area (Å²) in [4.78, 5) is 28.4. The minimum absolute atomic E-state index is 0.0972. The van der Waals surface area contributed by atoms with E-state index in [0.717, 1.165) is 19.4 Å². The molecule has 4 rings (SSSR count). The number of halogens is 1. The lowest BCUT2D eigenvalue weighted by Gasteiger charge is -2.36. The van der Waals surface area contributed by atoms with Crippen molar-refractivity contribution in [2.75, 3.05) is 13.1 Å². The van der Waals surface area contributed by atoms with Gasteiger partial charge in [0.1, 0.15) is 5.82 Å². The maximum absolute atomic E-state index is 13.6. The summed E-state index contributed by atoms with van der Waals surface area (Å²) < 4.78 is 13.2. The monoisotopic (exact) mass is 423 g/mol. The molecule has 2 fully saturated rings. The van der Waals surface area contributed by atoms with E-state index >= 15 is 0 Å². The summed E-state index contributed by atoms with van der Waals surface area (Å²) in [6.45, 7) is 6.09. The summed E-state index contributed by atoms with van der Waals surface area (Å²) in [7, 11) is 0. The second kappa shape index (κ2) is 9.18. The Bertz CT molecular complexity index is 956. The van der Waals surface area contributed by atoms with Crippen molar-refractivity contribution in [3.63, 3.8) is 0 Å². The highest BCUT2D eigenvalue weighted by atomic mass is 19.1. The van der Waals surface area contributed by atoms with Crippen LogP contribution in [0.15, 0.2) is 42.5 Å². The van der Waals surface area contributed by atoms with E-state index in [0.29, 0.717) is 25.1 Å². The van der Waals surface area contributed by atoms with E-state index in [4.69, 9.17) is 0 Å². The number of hydrogen-bond acceptors (Lipinski definition) is 3. The van der Waals surface area contributed by atoms with Crippen LogP contribution in [0.4, 0.5) is 4.39 Å². The summed E-state index contributed by atoms with van der Waals surface area (Å²) in [6.07, 6.45) is 2.75. The fourth-order valence-corrected chi connectivity index (χ4v) is 4.30. The smallest absolute Gasteiger partial charge is 0.251 e. The summed E-state index contributed by atoms with van der Waals surface area (Å²) in [5.74, 6) is -0.862. The highest BCUT2D eigenvalue weighted by Crippen LogP contribution is 2.31. The Morgan fingerprint density at radius 3 is 2.55 bits per heavy atom. The zero-order valence-corrected chi connectivity index (χ0v) is 18.2. The van der Waals surface area contributed by atoms with Crippen LogP contribution in [0.3, 0.4) is 0 Å². The number of benzene rings is 2. The van der Waals surface area contributed by atoms with Gasteiger partial charge in [0.05, 0.1) is 5.92 Å². The Balaban J connectivity index is 1.50. The number of carbonyl (C=O) groups is 2. The van der Waals surface area contributed by atoms with Crippen LogP contribution in [0.2, 0.25) is 0 Å². The molecule has 2 unspecified atom stereocenters. The number of nitrogens with one attached hydrogen (secondary N) is 2. The van der Waals surface area contributed by atoms with Gasteiger partial charge in [-0.2, -0.15) is 0 Å². The molecule has 0 bridgehead atoms. The average Bonchev–Trinajstić information content (AvgIpc) is 3.60. The van der Waals surface area contributed by atoms with Crippen LogP contribution in [0.1, 0.15) is 46.3 Å². The van der Waals surface area contributed by atoms with Crippen LogP contribution in [0.5, 0.6) is 0 Å². The zero-order chi connectivity index (χ0) is 22.0. The highest BCUT2D eigenvalue weighted by molar-refractivity contribution is 5.95. The molecule has 2 atom stereocenters. The molecule has 31 heavy (non-hydrogen) atoms. The number of aryl methyl sites for hydroxylation is 1. The van der Waals surface area contributed by atoms with E-state index in [1.54, 1.807) is 0 Å². The van der Waals surface area contributed by atoms with E-state index in [9.17, 15) is 14.0 Å². The minimum atomic E-state index is -0.377. The molecule has 1 aliphatic carbocycles. The van der Waals surface area contributed by atoms with Gasteiger partial charge in [-0.3, -0.25) is 9.59 Å². The lowest BCUT2D eigenvalue weighted by Crippen LogP contribution is -2.55. The van der Waals surface area contributed by atoms with Crippen LogP contribution in [-0.2, 0) is 11.3 Å². The first-order valence-corrected chi connectivity index (χ1v) is 11.1. The van der Waals surface area contributed by atoms with Crippen LogP contribution in [-0.4, -0.2) is 41.9 Å². The quantitative estimate of drug-likeness (QED) is 0.749. The second-order valence-electron chi connectivity index (χ2n) is 8.74. The maximum Gasteiger partial charge on any atom is 0.251 e. The number of rotatable bonds is 6. The zero-order valence-electron chi connectivity index (χ0n) is 18.2. The molecular weight excluding hydrogens is 393 g/mol. The molecule has 164 valence electrons. The average molecular weight is 424 g/mol. The maximum atomic E-state index is 13.6. The van der Waals surface area contributed by atoms with E-state index in [1.807, 2.05) is 11.0 Å². The number of nitrogens with zero attached hydrogens (tertiary/aromatic N) is 1. The van der Waals surface area contributed by atoms with Crippen molar-refractivity contribution in [2.45, 2.75) is 51.7 Å². The summed E-state index contributed by atoms with van der Waals surface area (Å²) >= 11 is 0. The standard InChI is InChI=1S/C25H30FN3O2/c1-16-4-3-5-19(17(16)2)15-29(21-10-11-21)25(31)22-14-27-13-12-23(22)28-24(30)18-6-8-20(26)9-7-18/h3-9,21-23,27H,10-15H2,1-2H3,(H,28,30). The van der Waals surface area contributed by atoms with Crippen molar-refractivity contribution < 1.29 is 14.0 Å². The normalized spacial score (nSPS) is 20.9. The van der Waals surface area contributed by atoms with E-state index in [2.05, 4.69) is 36.6 Å². The molecule has 0 radical (unpaired) electrons. The number of piperidine rings is 1. The van der Waals surface area contributed by atoms with Gasteiger partial charge in [0.25, 0.3) is 5.91 Å². The molecule has 2 aromatic rings. The molecule has 0 spiro atoms.